The third-order valence-electron chi connectivity index (χ3n) is 1.51. The average molecular weight is 251 g/mol. The van der Waals surface area contributed by atoms with E-state index in [1.807, 2.05) is 5.16 Å². The Hall–Kier alpha value is -1.08. The number of hydrogen-bond donors (Lipinski definition) is 3. The van der Waals surface area contributed by atoms with Crippen LogP contribution in [-0.4, -0.2) is 16.2 Å². The molecule has 1 aromatic heterocycles. The summed E-state index contributed by atoms with van der Waals surface area (Å²) < 4.78 is 4.69. The zero-order chi connectivity index (χ0) is 10.0. The van der Waals surface area contributed by atoms with Gasteiger partial charge in [-0.15, -0.1) is 0 Å². The lowest BCUT2D eigenvalue weighted by molar-refractivity contribution is -0.138. The Morgan fingerprint density at radius 1 is 1.77 bits per heavy atom. The monoisotopic (exact) mass is 250 g/mol. The molecule has 72 valence electrons. The maximum Gasteiger partial charge on any atom is 0.325 e. The number of carboxylic acids is 1. The van der Waals surface area contributed by atoms with Crippen molar-refractivity contribution in [2.24, 2.45) is 5.73 Å². The molecule has 6 nitrogen and oxygen atoms in total. The zero-order valence-electron chi connectivity index (χ0n) is 6.41. The van der Waals surface area contributed by atoms with Crippen LogP contribution in [0.25, 0.3) is 0 Å². The molecule has 1 rings (SSSR count). The van der Waals surface area contributed by atoms with Gasteiger partial charge < -0.3 is 15.4 Å². The second kappa shape index (κ2) is 3.75. The van der Waals surface area contributed by atoms with E-state index >= 15 is 0 Å². The molecule has 13 heavy (non-hydrogen) atoms. The van der Waals surface area contributed by atoms with Crippen LogP contribution < -0.4 is 11.3 Å². The van der Waals surface area contributed by atoms with Crippen molar-refractivity contribution in [2.75, 3.05) is 0 Å². The maximum atomic E-state index is 11.0. The first-order chi connectivity index (χ1) is 6.07. The van der Waals surface area contributed by atoms with Crippen LogP contribution in [0.1, 0.15) is 17.4 Å². The molecular weight excluding hydrogens is 244 g/mol. The number of aromatic nitrogens is 1. The fraction of sp³-hybridized carbons (Fsp3) is 0.333. The summed E-state index contributed by atoms with van der Waals surface area (Å²) in [4.78, 5) is 21.5. The highest BCUT2D eigenvalue weighted by molar-refractivity contribution is 9.08. The summed E-state index contributed by atoms with van der Waals surface area (Å²) in [5.74, 6) is -1.06. The predicted octanol–water partition coefficient (Wildman–Crippen LogP) is -0.0528. The Morgan fingerprint density at radius 3 is 2.85 bits per heavy atom. The number of rotatable bonds is 3. The second-order valence-electron chi connectivity index (χ2n) is 2.32. The summed E-state index contributed by atoms with van der Waals surface area (Å²) >= 11 is 3.04. The van der Waals surface area contributed by atoms with E-state index in [0.29, 0.717) is 0 Å². The average Bonchev–Trinajstić information content (AvgIpc) is 2.45. The van der Waals surface area contributed by atoms with Crippen molar-refractivity contribution in [2.45, 2.75) is 11.4 Å². The Balaban J connectivity index is 3.18. The molecule has 0 aliphatic carbocycles. The van der Waals surface area contributed by atoms with Crippen LogP contribution in [0.3, 0.4) is 0 Å². The first kappa shape index (κ1) is 10.0. The van der Waals surface area contributed by atoms with Gasteiger partial charge in [-0.2, -0.15) is 5.16 Å². The van der Waals surface area contributed by atoms with Gasteiger partial charge in [0.05, 0.1) is 10.9 Å². The number of nitrogens with one attached hydrogen (secondary N) is 1. The lowest BCUT2D eigenvalue weighted by Gasteiger charge is -2.01. The molecule has 0 aliphatic rings. The number of nitrogens with two attached hydrogens (primary N) is 1. The van der Waals surface area contributed by atoms with Gasteiger partial charge >= 0.3 is 5.97 Å². The number of hydrogen-bond acceptors (Lipinski definition) is 4. The van der Waals surface area contributed by atoms with Crippen LogP contribution in [0.5, 0.6) is 0 Å². The third kappa shape index (κ3) is 1.81. The molecule has 0 spiro atoms. The van der Waals surface area contributed by atoms with Crippen LogP contribution in [0.15, 0.2) is 9.32 Å². The largest absolute Gasteiger partial charge is 0.480 e. The molecular formula is C6H7BrN2O4. The van der Waals surface area contributed by atoms with Crippen molar-refractivity contribution in [1.29, 1.82) is 0 Å². The van der Waals surface area contributed by atoms with Gasteiger partial charge in [-0.3, -0.25) is 9.59 Å². The van der Waals surface area contributed by atoms with Crippen molar-refractivity contribution in [3.8, 4) is 0 Å². The number of carbonyl (C=O) groups is 1. The van der Waals surface area contributed by atoms with Crippen LogP contribution in [0, 0.1) is 0 Å². The Morgan fingerprint density at radius 2 is 2.38 bits per heavy atom. The highest BCUT2D eigenvalue weighted by Gasteiger charge is 2.24. The molecule has 0 amide bonds. The minimum atomic E-state index is -1.35. The molecule has 0 aliphatic heterocycles. The molecule has 1 atom stereocenters. The van der Waals surface area contributed by atoms with Crippen molar-refractivity contribution in [3.05, 3.63) is 21.7 Å². The molecule has 0 saturated heterocycles. The van der Waals surface area contributed by atoms with Crippen LogP contribution in [0.2, 0.25) is 0 Å². The van der Waals surface area contributed by atoms with E-state index in [9.17, 15) is 9.59 Å². The van der Waals surface area contributed by atoms with E-state index in [0.717, 1.165) is 0 Å². The molecule has 0 fully saturated rings. The maximum absolute atomic E-state index is 11.0. The number of halogens is 1. The van der Waals surface area contributed by atoms with Crippen molar-refractivity contribution in [1.82, 2.24) is 5.16 Å². The van der Waals surface area contributed by atoms with Gasteiger partial charge in [-0.1, -0.05) is 15.9 Å². The Kier molecular flexibility index (Phi) is 2.89. The fourth-order valence-electron chi connectivity index (χ4n) is 0.882. The van der Waals surface area contributed by atoms with E-state index in [-0.39, 0.29) is 16.7 Å². The van der Waals surface area contributed by atoms with Gasteiger partial charge in [0.25, 0.3) is 5.56 Å². The van der Waals surface area contributed by atoms with Gasteiger partial charge in [0.2, 0.25) is 0 Å². The van der Waals surface area contributed by atoms with Gasteiger partial charge in [-0.05, 0) is 0 Å². The summed E-state index contributed by atoms with van der Waals surface area (Å²) in [6.45, 7) is 0. The van der Waals surface area contributed by atoms with Gasteiger partial charge in [0.15, 0.2) is 5.76 Å². The quantitative estimate of drug-likeness (QED) is 0.652. The van der Waals surface area contributed by atoms with Crippen LogP contribution in [-0.2, 0) is 10.1 Å². The second-order valence-corrected chi connectivity index (χ2v) is 2.88. The SMILES string of the molecule is N[C@H](C(=O)O)c1c(CBr)o[nH]c1=O. The number of carboxylic acid groups (broad SMARTS) is 1. The van der Waals surface area contributed by atoms with Gasteiger partial charge in [-0.25, -0.2) is 0 Å². The van der Waals surface area contributed by atoms with E-state index < -0.39 is 17.6 Å². The molecule has 0 unspecified atom stereocenters. The first-order valence-electron chi connectivity index (χ1n) is 3.32. The topological polar surface area (TPSA) is 109 Å². The number of aromatic amines is 1. The van der Waals surface area contributed by atoms with Crippen molar-refractivity contribution < 1.29 is 14.4 Å². The van der Waals surface area contributed by atoms with E-state index in [1.165, 1.54) is 0 Å². The molecule has 0 aromatic carbocycles. The highest BCUT2D eigenvalue weighted by atomic mass is 79.9. The van der Waals surface area contributed by atoms with Crippen molar-refractivity contribution in [3.63, 3.8) is 0 Å². The number of H-pyrrole nitrogens is 1. The zero-order valence-corrected chi connectivity index (χ0v) is 8.00. The van der Waals surface area contributed by atoms with E-state index in [2.05, 4.69) is 20.5 Å². The van der Waals surface area contributed by atoms with Gasteiger partial charge in [0, 0.05) is 0 Å². The minimum absolute atomic E-state index is 0.0515. The molecule has 1 heterocycles. The first-order valence-corrected chi connectivity index (χ1v) is 4.44. The standard InChI is InChI=1S/C6H7BrN2O4/c7-1-2-3(4(8)6(11)12)5(10)9-13-2/h4H,1,8H2,(H,9,10)(H,11,12)/t4-/m0/s1. The van der Waals surface area contributed by atoms with Crippen LogP contribution >= 0.6 is 15.9 Å². The number of aliphatic carboxylic acids is 1. The molecule has 4 N–H and O–H groups in total. The summed E-state index contributed by atoms with van der Waals surface area (Å²) in [7, 11) is 0. The minimum Gasteiger partial charge on any atom is -0.480 e. The van der Waals surface area contributed by atoms with Crippen molar-refractivity contribution >= 4 is 21.9 Å². The Labute approximate surface area is 80.8 Å². The molecule has 1 aromatic rings. The molecule has 0 radical (unpaired) electrons. The van der Waals surface area contributed by atoms with Crippen LogP contribution in [0.4, 0.5) is 0 Å². The lowest BCUT2D eigenvalue weighted by Crippen LogP contribution is -2.26. The normalized spacial score (nSPS) is 12.8. The van der Waals surface area contributed by atoms with Gasteiger partial charge in [0.1, 0.15) is 6.04 Å². The summed E-state index contributed by atoms with van der Waals surface area (Å²) in [6, 6.07) is -1.35. The van der Waals surface area contributed by atoms with E-state index in [4.69, 9.17) is 10.8 Å². The Bertz CT molecular complexity index is 369. The van der Waals surface area contributed by atoms with E-state index in [1.54, 1.807) is 0 Å². The molecule has 0 saturated carbocycles. The highest BCUT2D eigenvalue weighted by Crippen LogP contribution is 2.14. The molecule has 7 heteroatoms. The smallest absolute Gasteiger partial charge is 0.325 e. The summed E-state index contributed by atoms with van der Waals surface area (Å²) in [6.07, 6.45) is 0. The summed E-state index contributed by atoms with van der Waals surface area (Å²) in [5, 5.41) is 10.8. The summed E-state index contributed by atoms with van der Waals surface area (Å²) in [5.41, 5.74) is 4.60. The number of alkyl halides is 1. The lowest BCUT2D eigenvalue weighted by atomic mass is 10.1. The third-order valence-corrected chi connectivity index (χ3v) is 2.02. The fourth-order valence-corrected chi connectivity index (χ4v) is 1.30. The predicted molar refractivity (Wildman–Crippen MR) is 46.5 cm³/mol. The molecule has 0 bridgehead atoms.